The standard InChI is InChI=1S/C16H13BrFNO2/c1-10-2-14(17)6-13(8-20)16(10)21-9-12-3-11(7-19)4-15(18)5-12/h2-6,20H,8-9H2,1H3. The summed E-state index contributed by atoms with van der Waals surface area (Å²) in [5.74, 6) is 0.103. The minimum atomic E-state index is -0.470. The van der Waals surface area contributed by atoms with Gasteiger partial charge < -0.3 is 9.84 Å². The van der Waals surface area contributed by atoms with E-state index in [1.165, 1.54) is 12.1 Å². The zero-order valence-electron chi connectivity index (χ0n) is 11.4. The number of ether oxygens (including phenoxy) is 1. The van der Waals surface area contributed by atoms with E-state index < -0.39 is 5.82 Å². The molecule has 0 amide bonds. The molecular formula is C16H13BrFNO2. The van der Waals surface area contributed by atoms with Crippen molar-refractivity contribution in [1.29, 1.82) is 5.26 Å². The van der Waals surface area contributed by atoms with E-state index in [2.05, 4.69) is 15.9 Å². The van der Waals surface area contributed by atoms with Crippen LogP contribution >= 0.6 is 15.9 Å². The molecule has 0 saturated heterocycles. The number of aliphatic hydroxyl groups is 1. The highest BCUT2D eigenvalue weighted by Crippen LogP contribution is 2.29. The molecule has 0 fully saturated rings. The molecular weight excluding hydrogens is 337 g/mol. The first-order valence-corrected chi connectivity index (χ1v) is 7.05. The Morgan fingerprint density at radius 3 is 2.71 bits per heavy atom. The average molecular weight is 350 g/mol. The molecule has 108 valence electrons. The quantitative estimate of drug-likeness (QED) is 0.912. The number of aryl methyl sites for hydroxylation is 1. The van der Waals surface area contributed by atoms with E-state index in [0.717, 1.165) is 10.0 Å². The number of nitriles is 1. The predicted molar refractivity (Wildman–Crippen MR) is 80.2 cm³/mol. The van der Waals surface area contributed by atoms with Crippen molar-refractivity contribution in [2.24, 2.45) is 0 Å². The summed E-state index contributed by atoms with van der Waals surface area (Å²) in [4.78, 5) is 0. The van der Waals surface area contributed by atoms with Crippen LogP contribution in [0.2, 0.25) is 0 Å². The van der Waals surface area contributed by atoms with Crippen molar-refractivity contribution in [3.8, 4) is 11.8 Å². The fourth-order valence-electron chi connectivity index (χ4n) is 2.08. The summed E-state index contributed by atoms with van der Waals surface area (Å²) >= 11 is 3.36. The minimum absolute atomic E-state index is 0.127. The van der Waals surface area contributed by atoms with Crippen LogP contribution in [0.25, 0.3) is 0 Å². The Hall–Kier alpha value is -1.90. The normalized spacial score (nSPS) is 10.2. The molecule has 2 aromatic carbocycles. The largest absolute Gasteiger partial charge is 0.488 e. The SMILES string of the molecule is Cc1cc(Br)cc(CO)c1OCc1cc(F)cc(C#N)c1. The number of benzene rings is 2. The lowest BCUT2D eigenvalue weighted by atomic mass is 10.1. The van der Waals surface area contributed by atoms with Crippen LogP contribution in [0.5, 0.6) is 5.75 Å². The fraction of sp³-hybridized carbons (Fsp3) is 0.188. The molecule has 1 N–H and O–H groups in total. The van der Waals surface area contributed by atoms with Gasteiger partial charge in [-0.2, -0.15) is 5.26 Å². The maximum Gasteiger partial charge on any atom is 0.128 e. The smallest absolute Gasteiger partial charge is 0.128 e. The number of rotatable bonds is 4. The number of hydrogen-bond donors (Lipinski definition) is 1. The van der Waals surface area contributed by atoms with Crippen LogP contribution in [-0.2, 0) is 13.2 Å². The van der Waals surface area contributed by atoms with E-state index >= 15 is 0 Å². The summed E-state index contributed by atoms with van der Waals surface area (Å²) in [5, 5.41) is 18.2. The topological polar surface area (TPSA) is 53.2 Å². The highest BCUT2D eigenvalue weighted by atomic mass is 79.9. The van der Waals surface area contributed by atoms with E-state index in [1.54, 1.807) is 12.1 Å². The van der Waals surface area contributed by atoms with Gasteiger partial charge in [-0.3, -0.25) is 0 Å². The van der Waals surface area contributed by atoms with E-state index in [9.17, 15) is 9.50 Å². The molecule has 0 saturated carbocycles. The summed E-state index contributed by atoms with van der Waals surface area (Å²) in [6.07, 6.45) is 0. The third-order valence-corrected chi connectivity index (χ3v) is 3.41. The highest BCUT2D eigenvalue weighted by Gasteiger charge is 2.09. The van der Waals surface area contributed by atoms with Gasteiger partial charge in [0.05, 0.1) is 18.2 Å². The predicted octanol–water partition coefficient (Wildman–Crippen LogP) is 3.84. The molecule has 0 aliphatic carbocycles. The van der Waals surface area contributed by atoms with Crippen LogP contribution in [0, 0.1) is 24.1 Å². The van der Waals surface area contributed by atoms with Gasteiger partial charge in [0.25, 0.3) is 0 Å². The third-order valence-electron chi connectivity index (χ3n) is 2.96. The van der Waals surface area contributed by atoms with Gasteiger partial charge in [0, 0.05) is 10.0 Å². The Morgan fingerprint density at radius 2 is 2.05 bits per heavy atom. The van der Waals surface area contributed by atoms with Crippen molar-refractivity contribution in [2.75, 3.05) is 0 Å². The summed E-state index contributed by atoms with van der Waals surface area (Å²) < 4.78 is 19.9. The van der Waals surface area contributed by atoms with Gasteiger partial charge >= 0.3 is 0 Å². The average Bonchev–Trinajstić information content (AvgIpc) is 2.44. The van der Waals surface area contributed by atoms with Gasteiger partial charge in [0.15, 0.2) is 0 Å². The highest BCUT2D eigenvalue weighted by molar-refractivity contribution is 9.10. The molecule has 0 aliphatic rings. The minimum Gasteiger partial charge on any atom is -0.488 e. The van der Waals surface area contributed by atoms with Crippen LogP contribution in [0.15, 0.2) is 34.8 Å². The molecule has 0 heterocycles. The first-order valence-electron chi connectivity index (χ1n) is 6.25. The molecule has 0 spiro atoms. The molecule has 0 aliphatic heterocycles. The first kappa shape index (κ1) is 15.5. The molecule has 0 atom stereocenters. The number of hydrogen-bond acceptors (Lipinski definition) is 3. The lowest BCUT2D eigenvalue weighted by Gasteiger charge is -2.14. The van der Waals surface area contributed by atoms with Gasteiger partial charge in [-0.25, -0.2) is 4.39 Å². The summed E-state index contributed by atoms with van der Waals surface area (Å²) in [6.45, 7) is 1.84. The molecule has 0 bridgehead atoms. The Morgan fingerprint density at radius 1 is 1.29 bits per heavy atom. The van der Waals surface area contributed by atoms with Crippen molar-refractivity contribution < 1.29 is 14.2 Å². The lowest BCUT2D eigenvalue weighted by Crippen LogP contribution is -2.02. The molecule has 2 rings (SSSR count). The Labute approximate surface area is 130 Å². The lowest BCUT2D eigenvalue weighted by molar-refractivity contribution is 0.257. The maximum absolute atomic E-state index is 13.4. The second-order valence-electron chi connectivity index (χ2n) is 4.62. The summed E-state index contributed by atoms with van der Waals surface area (Å²) in [7, 11) is 0. The first-order chi connectivity index (χ1) is 10.0. The van der Waals surface area contributed by atoms with E-state index in [-0.39, 0.29) is 18.8 Å². The van der Waals surface area contributed by atoms with Crippen LogP contribution in [0.1, 0.15) is 22.3 Å². The number of aliphatic hydroxyl groups excluding tert-OH is 1. The number of nitrogens with zero attached hydrogens (tertiary/aromatic N) is 1. The van der Waals surface area contributed by atoms with Gasteiger partial charge in [-0.15, -0.1) is 0 Å². The molecule has 3 nitrogen and oxygen atoms in total. The Balaban J connectivity index is 2.25. The van der Waals surface area contributed by atoms with Gasteiger partial charge in [-0.05, 0) is 48.4 Å². The maximum atomic E-state index is 13.4. The summed E-state index contributed by atoms with van der Waals surface area (Å²) in [5.41, 5.74) is 2.34. The molecule has 0 unspecified atom stereocenters. The van der Waals surface area contributed by atoms with Crippen molar-refractivity contribution in [3.05, 3.63) is 62.9 Å². The van der Waals surface area contributed by atoms with Crippen molar-refractivity contribution >= 4 is 15.9 Å². The molecule has 21 heavy (non-hydrogen) atoms. The molecule has 2 aromatic rings. The number of halogens is 2. The molecule has 5 heteroatoms. The van der Waals surface area contributed by atoms with Crippen molar-refractivity contribution in [2.45, 2.75) is 20.1 Å². The van der Waals surface area contributed by atoms with Crippen molar-refractivity contribution in [1.82, 2.24) is 0 Å². The molecule has 0 radical (unpaired) electrons. The Kier molecular flexibility index (Phi) is 4.94. The van der Waals surface area contributed by atoms with Gasteiger partial charge in [0.2, 0.25) is 0 Å². The van der Waals surface area contributed by atoms with Crippen molar-refractivity contribution in [3.63, 3.8) is 0 Å². The van der Waals surface area contributed by atoms with Crippen LogP contribution < -0.4 is 4.74 Å². The van der Waals surface area contributed by atoms with E-state index in [1.807, 2.05) is 19.1 Å². The second kappa shape index (κ2) is 6.70. The zero-order chi connectivity index (χ0) is 15.4. The van der Waals surface area contributed by atoms with Crippen LogP contribution in [0.4, 0.5) is 4.39 Å². The van der Waals surface area contributed by atoms with E-state index in [4.69, 9.17) is 10.00 Å². The summed E-state index contributed by atoms with van der Waals surface area (Å²) in [6, 6.07) is 9.63. The van der Waals surface area contributed by atoms with Crippen LogP contribution in [-0.4, -0.2) is 5.11 Å². The second-order valence-corrected chi connectivity index (χ2v) is 5.53. The van der Waals surface area contributed by atoms with Gasteiger partial charge in [0.1, 0.15) is 18.2 Å². The molecule has 0 aromatic heterocycles. The van der Waals surface area contributed by atoms with Gasteiger partial charge in [-0.1, -0.05) is 15.9 Å². The van der Waals surface area contributed by atoms with E-state index in [0.29, 0.717) is 16.9 Å². The third kappa shape index (κ3) is 3.81. The fourth-order valence-corrected chi connectivity index (χ4v) is 2.70. The Bertz CT molecular complexity index is 710. The monoisotopic (exact) mass is 349 g/mol. The zero-order valence-corrected chi connectivity index (χ0v) is 12.9. The van der Waals surface area contributed by atoms with Crippen LogP contribution in [0.3, 0.4) is 0 Å².